The quantitative estimate of drug-likeness (QED) is 0.233. The summed E-state index contributed by atoms with van der Waals surface area (Å²) >= 11 is 0. The molecule has 1 heterocycles. The Kier molecular flexibility index (Phi) is 11.9. The van der Waals surface area contributed by atoms with Crippen LogP contribution in [0.3, 0.4) is 0 Å². The third kappa shape index (κ3) is 7.43. The van der Waals surface area contributed by atoms with E-state index in [9.17, 15) is 13.2 Å². The van der Waals surface area contributed by atoms with Gasteiger partial charge < -0.3 is 15.0 Å². The number of methoxy groups -OCH3 is 1. The van der Waals surface area contributed by atoms with E-state index >= 15 is 0 Å². The molecule has 7 unspecified atom stereocenters. The van der Waals surface area contributed by atoms with Gasteiger partial charge in [0.25, 0.3) is 0 Å². The summed E-state index contributed by atoms with van der Waals surface area (Å²) in [6, 6.07) is 8.10. The van der Waals surface area contributed by atoms with E-state index in [2.05, 4.69) is 62.7 Å². The molecular formula is C44H70N2O4S. The predicted molar refractivity (Wildman–Crippen MR) is 212 cm³/mol. The van der Waals surface area contributed by atoms with Gasteiger partial charge in [-0.3, -0.25) is 0 Å². The molecule has 5 aliphatic carbocycles. The van der Waals surface area contributed by atoms with Crippen LogP contribution in [-0.2, 0) is 14.6 Å². The average Bonchev–Trinajstić information content (AvgIpc) is 3.49. The molecule has 7 heteroatoms. The summed E-state index contributed by atoms with van der Waals surface area (Å²) in [5, 5.41) is 4.15. The van der Waals surface area contributed by atoms with Gasteiger partial charge in [0.1, 0.15) is 0 Å². The van der Waals surface area contributed by atoms with Crippen molar-refractivity contribution in [3.63, 3.8) is 0 Å². The number of sulfone groups is 1. The van der Waals surface area contributed by atoms with Crippen LogP contribution in [0.15, 0.2) is 42.5 Å². The molecule has 0 aromatic heterocycles. The van der Waals surface area contributed by atoms with Crippen molar-refractivity contribution < 1.29 is 17.9 Å². The minimum atomic E-state index is -2.82. The number of fused-ring (bicyclic) bond motifs is 7. The Labute approximate surface area is 311 Å². The molecule has 4 saturated carbocycles. The molecule has 1 aromatic rings. The first-order chi connectivity index (χ1) is 23.6. The molecule has 1 N–H and O–H groups in total. The summed E-state index contributed by atoms with van der Waals surface area (Å²) < 4.78 is 28.8. The van der Waals surface area contributed by atoms with Gasteiger partial charge in [0.2, 0.25) is 0 Å². The number of carbonyl (C=O) groups excluding carboxylic acids is 1. The topological polar surface area (TPSA) is 75.7 Å². The molecule has 7 rings (SSSR count). The van der Waals surface area contributed by atoms with Crippen LogP contribution in [0.5, 0.6) is 0 Å². The second kappa shape index (κ2) is 15.1. The summed E-state index contributed by atoms with van der Waals surface area (Å²) in [6.45, 7) is 21.2. The van der Waals surface area contributed by atoms with Crippen molar-refractivity contribution >= 4 is 21.4 Å². The van der Waals surface area contributed by atoms with E-state index < -0.39 is 9.84 Å². The highest BCUT2D eigenvalue weighted by atomic mass is 32.2. The first-order valence-corrected chi connectivity index (χ1v) is 21.6. The highest BCUT2D eigenvalue weighted by molar-refractivity contribution is 7.91. The minimum absolute atomic E-state index is 0. The van der Waals surface area contributed by atoms with Crippen LogP contribution >= 0.6 is 0 Å². The van der Waals surface area contributed by atoms with Crippen molar-refractivity contribution in [2.45, 2.75) is 119 Å². The molecule has 6 aliphatic rings. The van der Waals surface area contributed by atoms with Crippen LogP contribution in [0.25, 0.3) is 5.57 Å². The number of hydrogen-bond acceptors (Lipinski definition) is 6. The Morgan fingerprint density at radius 1 is 0.902 bits per heavy atom. The number of esters is 1. The third-order valence-electron chi connectivity index (χ3n) is 15.0. The van der Waals surface area contributed by atoms with Crippen LogP contribution in [0.1, 0.15) is 129 Å². The Hall–Kier alpha value is -1.96. The van der Waals surface area contributed by atoms with Crippen LogP contribution < -0.4 is 5.32 Å². The molecule has 51 heavy (non-hydrogen) atoms. The number of nitrogens with zero attached hydrogens (tertiary/aromatic N) is 1. The lowest BCUT2D eigenvalue weighted by atomic mass is 9.37. The SMILES string of the molecule is C.C=C(C)C.COC(=O)c1ccc(C2=CCC3(C)C(CCC4(C)C5CCC6(NCCN7CCS(=O)(=O)CC7)CCC[C@@H]6C5CCC43)C2(C)C)cc1. The summed E-state index contributed by atoms with van der Waals surface area (Å²) in [5.74, 6) is 4.23. The van der Waals surface area contributed by atoms with E-state index in [-0.39, 0.29) is 18.8 Å². The zero-order valence-electron chi connectivity index (χ0n) is 32.3. The maximum Gasteiger partial charge on any atom is 0.337 e. The summed E-state index contributed by atoms with van der Waals surface area (Å²) in [4.78, 5) is 14.4. The Balaban J connectivity index is 0.000000959. The van der Waals surface area contributed by atoms with Crippen molar-refractivity contribution in [3.8, 4) is 0 Å². The second-order valence-corrected chi connectivity index (χ2v) is 20.7. The standard InChI is InChI=1S/C39H58N2O4S.C4H8.CH4/c1-36(2)30(27-8-10-28(11-9-27)35(42)45-5)14-18-38(4)33(36)16-19-37(3)31-15-20-39(17-6-7-32(39)29(31)12-13-34(37)38)40-21-22-41-23-25-46(43,44)26-24-41;1-4(2)3;/h8-11,14,29,31-34,40H,6-7,12-13,15-26H2,1-5H3;1H2,2-3H3;1H4/t29?,31?,32-,33?,34?,37?,38?,39?;;/m1../s1. The van der Waals surface area contributed by atoms with Gasteiger partial charge in [-0.2, -0.15) is 0 Å². The smallest absolute Gasteiger partial charge is 0.337 e. The molecule has 0 amide bonds. The van der Waals surface area contributed by atoms with Gasteiger partial charge in [0, 0.05) is 31.7 Å². The lowest BCUT2D eigenvalue weighted by Gasteiger charge is -2.68. The van der Waals surface area contributed by atoms with E-state index in [0.717, 1.165) is 43.2 Å². The van der Waals surface area contributed by atoms with Crippen molar-refractivity contribution in [2.75, 3.05) is 44.8 Å². The van der Waals surface area contributed by atoms with Gasteiger partial charge in [0.05, 0.1) is 24.2 Å². The van der Waals surface area contributed by atoms with E-state index in [4.69, 9.17) is 4.74 Å². The Morgan fingerprint density at radius 3 is 2.22 bits per heavy atom. The molecule has 1 aromatic carbocycles. The molecule has 0 spiro atoms. The number of ether oxygens (including phenoxy) is 1. The number of benzene rings is 1. The fourth-order valence-corrected chi connectivity index (χ4v) is 14.2. The maximum absolute atomic E-state index is 12.1. The predicted octanol–water partition coefficient (Wildman–Crippen LogP) is 9.22. The summed E-state index contributed by atoms with van der Waals surface area (Å²) in [7, 11) is -1.38. The lowest BCUT2D eigenvalue weighted by molar-refractivity contribution is -0.172. The molecule has 0 radical (unpaired) electrons. The van der Waals surface area contributed by atoms with Crippen LogP contribution in [-0.4, -0.2) is 69.6 Å². The van der Waals surface area contributed by atoms with E-state index in [1.807, 2.05) is 26.0 Å². The second-order valence-electron chi connectivity index (χ2n) is 18.4. The number of allylic oxidation sites excluding steroid dienone is 3. The maximum atomic E-state index is 12.1. The number of hydrogen-bond donors (Lipinski definition) is 1. The number of carbonyl (C=O) groups is 1. The summed E-state index contributed by atoms with van der Waals surface area (Å²) in [5.41, 5.74) is 5.57. The van der Waals surface area contributed by atoms with Crippen LogP contribution in [0.2, 0.25) is 0 Å². The number of rotatable bonds is 6. The zero-order chi connectivity index (χ0) is 36.1. The molecule has 286 valence electrons. The van der Waals surface area contributed by atoms with Crippen LogP contribution in [0.4, 0.5) is 0 Å². The van der Waals surface area contributed by atoms with Gasteiger partial charge in [-0.1, -0.05) is 65.3 Å². The fraction of sp³-hybridized carbons (Fsp3) is 0.750. The molecule has 5 fully saturated rings. The number of nitrogens with one attached hydrogen (secondary N) is 1. The van der Waals surface area contributed by atoms with Crippen molar-refractivity contribution in [1.82, 2.24) is 10.2 Å². The van der Waals surface area contributed by atoms with Crippen LogP contribution in [0, 0.1) is 45.8 Å². The van der Waals surface area contributed by atoms with Gasteiger partial charge >= 0.3 is 5.97 Å². The van der Waals surface area contributed by atoms with Gasteiger partial charge in [-0.05, 0) is 141 Å². The van der Waals surface area contributed by atoms with Crippen molar-refractivity contribution in [2.24, 2.45) is 45.8 Å². The molecule has 1 aliphatic heterocycles. The highest BCUT2D eigenvalue weighted by Crippen LogP contribution is 2.72. The highest BCUT2D eigenvalue weighted by Gasteiger charge is 2.65. The first kappa shape index (κ1) is 40.2. The molecule has 6 nitrogen and oxygen atoms in total. The van der Waals surface area contributed by atoms with Gasteiger partial charge in [-0.25, -0.2) is 13.2 Å². The molecular weight excluding hydrogens is 653 g/mol. The Morgan fingerprint density at radius 2 is 1.57 bits per heavy atom. The molecule has 1 saturated heterocycles. The minimum Gasteiger partial charge on any atom is -0.465 e. The zero-order valence-corrected chi connectivity index (χ0v) is 33.1. The van der Waals surface area contributed by atoms with Crippen molar-refractivity contribution in [1.29, 1.82) is 0 Å². The monoisotopic (exact) mass is 723 g/mol. The molecule has 8 atom stereocenters. The third-order valence-corrected chi connectivity index (χ3v) is 16.7. The van der Waals surface area contributed by atoms with Gasteiger partial charge in [0.15, 0.2) is 9.84 Å². The largest absolute Gasteiger partial charge is 0.465 e. The molecule has 0 bridgehead atoms. The van der Waals surface area contributed by atoms with E-state index in [1.54, 1.807) is 0 Å². The van der Waals surface area contributed by atoms with Crippen molar-refractivity contribution in [3.05, 3.63) is 53.6 Å². The fourth-order valence-electron chi connectivity index (χ4n) is 13.0. The average molecular weight is 723 g/mol. The Bertz CT molecular complexity index is 1550. The lowest BCUT2D eigenvalue weighted by Crippen LogP contribution is -2.63. The van der Waals surface area contributed by atoms with Gasteiger partial charge in [-0.15, -0.1) is 6.58 Å². The van der Waals surface area contributed by atoms with E-state index in [1.165, 1.54) is 81.6 Å². The van der Waals surface area contributed by atoms with E-state index in [0.29, 0.717) is 52.4 Å². The summed E-state index contributed by atoms with van der Waals surface area (Å²) in [6.07, 6.45) is 15.9. The normalized spacial score (nSPS) is 37.8. The first-order valence-electron chi connectivity index (χ1n) is 19.8.